The normalized spacial score (nSPS) is 18.5. The number of nitro benzene ring substituents is 1. The first kappa shape index (κ1) is 22.5. The van der Waals surface area contributed by atoms with Crippen molar-refractivity contribution in [1.29, 1.82) is 5.26 Å². The minimum atomic E-state index is -0.981. The molecule has 0 fully saturated rings. The summed E-state index contributed by atoms with van der Waals surface area (Å²) in [5.74, 6) is -3.25. The van der Waals surface area contributed by atoms with Crippen LogP contribution >= 0.6 is 0 Å². The molecule has 9 heteroatoms. The maximum Gasteiger partial charge on any atom is 0.336 e. The SMILES string of the molecule is CCOC(=O)C1=C(/C=C/C#N)N=C(C)C(C(=O)OCC)C1c1cccc([N+](=O)[O-])c1. The third-order valence-electron chi connectivity index (χ3n) is 4.46. The van der Waals surface area contributed by atoms with Gasteiger partial charge >= 0.3 is 11.9 Å². The van der Waals surface area contributed by atoms with Crippen LogP contribution in [0.2, 0.25) is 0 Å². The second-order valence-electron chi connectivity index (χ2n) is 6.29. The van der Waals surface area contributed by atoms with E-state index in [4.69, 9.17) is 14.7 Å². The maximum absolute atomic E-state index is 12.9. The van der Waals surface area contributed by atoms with Crippen molar-refractivity contribution in [3.05, 3.63) is 63.4 Å². The number of non-ortho nitro benzene ring substituents is 1. The number of esters is 2. The Morgan fingerprint density at radius 3 is 2.60 bits per heavy atom. The Labute approximate surface area is 173 Å². The molecule has 0 aromatic heterocycles. The first-order valence-electron chi connectivity index (χ1n) is 9.29. The molecule has 30 heavy (non-hydrogen) atoms. The number of allylic oxidation sites excluding steroid dienone is 2. The van der Waals surface area contributed by atoms with E-state index in [2.05, 4.69) is 4.99 Å². The van der Waals surface area contributed by atoms with Gasteiger partial charge in [0.1, 0.15) is 5.92 Å². The van der Waals surface area contributed by atoms with Gasteiger partial charge < -0.3 is 9.47 Å². The molecule has 1 aromatic rings. The van der Waals surface area contributed by atoms with Gasteiger partial charge in [0.05, 0.1) is 35.5 Å². The molecular formula is C21H21N3O6. The average molecular weight is 411 g/mol. The van der Waals surface area contributed by atoms with Crippen LogP contribution in [0.15, 0.2) is 52.7 Å². The van der Waals surface area contributed by atoms with Gasteiger partial charge in [-0.15, -0.1) is 0 Å². The van der Waals surface area contributed by atoms with Crippen molar-refractivity contribution in [3.8, 4) is 6.07 Å². The number of ether oxygens (including phenoxy) is 2. The van der Waals surface area contributed by atoms with Crippen molar-refractivity contribution >= 4 is 23.3 Å². The quantitative estimate of drug-likeness (QED) is 0.291. The zero-order valence-corrected chi connectivity index (χ0v) is 16.8. The summed E-state index contributed by atoms with van der Waals surface area (Å²) in [6.07, 6.45) is 2.50. The van der Waals surface area contributed by atoms with Crippen molar-refractivity contribution in [1.82, 2.24) is 0 Å². The van der Waals surface area contributed by atoms with Crippen LogP contribution in [0.4, 0.5) is 5.69 Å². The van der Waals surface area contributed by atoms with Crippen molar-refractivity contribution in [2.45, 2.75) is 26.7 Å². The van der Waals surface area contributed by atoms with E-state index in [0.717, 1.165) is 6.08 Å². The average Bonchev–Trinajstić information content (AvgIpc) is 2.71. The summed E-state index contributed by atoms with van der Waals surface area (Å²) in [4.78, 5) is 40.7. The van der Waals surface area contributed by atoms with Crippen molar-refractivity contribution in [2.24, 2.45) is 10.9 Å². The molecule has 1 aliphatic rings. The van der Waals surface area contributed by atoms with Gasteiger partial charge in [-0.25, -0.2) is 4.79 Å². The van der Waals surface area contributed by atoms with Crippen molar-refractivity contribution < 1.29 is 24.0 Å². The third kappa shape index (κ3) is 4.78. The van der Waals surface area contributed by atoms with Gasteiger partial charge in [-0.05, 0) is 32.4 Å². The van der Waals surface area contributed by atoms with Crippen LogP contribution in [-0.4, -0.2) is 35.8 Å². The van der Waals surface area contributed by atoms with Gasteiger partial charge in [0.2, 0.25) is 0 Å². The van der Waals surface area contributed by atoms with E-state index >= 15 is 0 Å². The minimum Gasteiger partial charge on any atom is -0.465 e. The topological polar surface area (TPSA) is 132 Å². The Balaban J connectivity index is 2.80. The zero-order valence-electron chi connectivity index (χ0n) is 16.8. The second-order valence-corrected chi connectivity index (χ2v) is 6.29. The molecular weight excluding hydrogens is 390 g/mol. The van der Waals surface area contributed by atoms with E-state index in [1.807, 2.05) is 6.07 Å². The lowest BCUT2D eigenvalue weighted by Gasteiger charge is -2.31. The molecule has 2 atom stereocenters. The molecule has 1 aromatic carbocycles. The van der Waals surface area contributed by atoms with Gasteiger partial charge in [0, 0.05) is 29.8 Å². The van der Waals surface area contributed by atoms with Crippen LogP contribution in [-0.2, 0) is 19.1 Å². The van der Waals surface area contributed by atoms with Crippen LogP contribution in [0.3, 0.4) is 0 Å². The molecule has 1 aliphatic heterocycles. The van der Waals surface area contributed by atoms with Gasteiger partial charge in [-0.3, -0.25) is 19.9 Å². The number of nitro groups is 1. The molecule has 0 saturated heterocycles. The molecule has 0 aliphatic carbocycles. The third-order valence-corrected chi connectivity index (χ3v) is 4.46. The molecule has 0 radical (unpaired) electrons. The van der Waals surface area contributed by atoms with Gasteiger partial charge in [-0.1, -0.05) is 12.1 Å². The number of hydrogen-bond acceptors (Lipinski definition) is 8. The first-order chi connectivity index (χ1) is 14.3. The molecule has 0 bridgehead atoms. The van der Waals surface area contributed by atoms with Gasteiger partial charge in [0.15, 0.2) is 0 Å². The lowest BCUT2D eigenvalue weighted by atomic mass is 9.75. The zero-order chi connectivity index (χ0) is 22.3. The Bertz CT molecular complexity index is 987. The van der Waals surface area contributed by atoms with E-state index in [1.54, 1.807) is 26.8 Å². The van der Waals surface area contributed by atoms with Crippen LogP contribution in [0.1, 0.15) is 32.3 Å². The number of rotatable bonds is 7. The fourth-order valence-electron chi connectivity index (χ4n) is 3.30. The lowest BCUT2D eigenvalue weighted by molar-refractivity contribution is -0.384. The lowest BCUT2D eigenvalue weighted by Crippen LogP contribution is -2.36. The molecule has 0 amide bonds. The highest BCUT2D eigenvalue weighted by atomic mass is 16.6. The number of nitrogens with zero attached hydrogens (tertiary/aromatic N) is 3. The summed E-state index contributed by atoms with van der Waals surface area (Å²) < 4.78 is 10.4. The highest BCUT2D eigenvalue weighted by molar-refractivity contribution is 6.07. The summed E-state index contributed by atoms with van der Waals surface area (Å²) in [6.45, 7) is 5.08. The van der Waals surface area contributed by atoms with Crippen LogP contribution in [0.25, 0.3) is 0 Å². The van der Waals surface area contributed by atoms with Crippen LogP contribution < -0.4 is 0 Å². The Kier molecular flexibility index (Phi) is 7.58. The molecule has 0 N–H and O–H groups in total. The monoisotopic (exact) mass is 411 g/mol. The summed E-state index contributed by atoms with van der Waals surface area (Å²) in [5, 5.41) is 20.2. The smallest absolute Gasteiger partial charge is 0.336 e. The predicted molar refractivity (Wildman–Crippen MR) is 107 cm³/mol. The Morgan fingerprint density at radius 2 is 2.00 bits per heavy atom. The van der Waals surface area contributed by atoms with E-state index in [0.29, 0.717) is 11.3 Å². The largest absolute Gasteiger partial charge is 0.465 e. The van der Waals surface area contributed by atoms with Crippen molar-refractivity contribution in [3.63, 3.8) is 0 Å². The summed E-state index contributed by atoms with van der Waals surface area (Å²) in [6, 6.07) is 7.53. The molecule has 2 unspecified atom stereocenters. The number of hydrogen-bond donors (Lipinski definition) is 0. The Hall–Kier alpha value is -3.80. The van der Waals surface area contributed by atoms with E-state index in [1.165, 1.54) is 24.3 Å². The summed E-state index contributed by atoms with van der Waals surface area (Å²) in [5.41, 5.74) is 0.725. The molecule has 0 spiro atoms. The number of carbonyl (C=O) groups is 2. The summed E-state index contributed by atoms with van der Waals surface area (Å²) in [7, 11) is 0. The van der Waals surface area contributed by atoms with Crippen LogP contribution in [0, 0.1) is 27.4 Å². The maximum atomic E-state index is 12.9. The molecule has 9 nitrogen and oxygen atoms in total. The number of nitriles is 1. The first-order valence-corrected chi connectivity index (χ1v) is 9.29. The van der Waals surface area contributed by atoms with Crippen LogP contribution in [0.5, 0.6) is 0 Å². The predicted octanol–water partition coefficient (Wildman–Crippen LogP) is 3.23. The molecule has 2 rings (SSSR count). The summed E-state index contributed by atoms with van der Waals surface area (Å²) >= 11 is 0. The molecule has 156 valence electrons. The molecule has 1 heterocycles. The standard InChI is InChI=1S/C21H21N3O6/c1-4-29-20(25)17-13(3)23-16(10-7-11-22)19(21(26)30-5-2)18(17)14-8-6-9-15(12-14)24(27)28/h6-10,12,17-18H,4-5H2,1-3H3/b10-7+. The van der Waals surface area contributed by atoms with E-state index in [9.17, 15) is 19.7 Å². The van der Waals surface area contributed by atoms with E-state index in [-0.39, 0.29) is 30.2 Å². The van der Waals surface area contributed by atoms with Crippen molar-refractivity contribution in [2.75, 3.05) is 13.2 Å². The number of aliphatic imine (C=N–C) groups is 1. The van der Waals surface area contributed by atoms with E-state index < -0.39 is 28.7 Å². The fraction of sp³-hybridized carbons (Fsp3) is 0.333. The van der Waals surface area contributed by atoms with Gasteiger partial charge in [-0.2, -0.15) is 5.26 Å². The highest BCUT2D eigenvalue weighted by Crippen LogP contribution is 2.41. The Morgan fingerprint density at radius 1 is 1.30 bits per heavy atom. The minimum absolute atomic E-state index is 0.0347. The number of carbonyl (C=O) groups excluding carboxylic acids is 2. The second kappa shape index (κ2) is 10.1. The highest BCUT2D eigenvalue weighted by Gasteiger charge is 2.43. The molecule has 0 saturated carbocycles. The fourth-order valence-corrected chi connectivity index (χ4v) is 3.30. The number of benzene rings is 1. The van der Waals surface area contributed by atoms with Gasteiger partial charge in [0.25, 0.3) is 5.69 Å².